The van der Waals surface area contributed by atoms with Crippen molar-refractivity contribution in [2.75, 3.05) is 29.5 Å². The number of hydrogen-bond acceptors (Lipinski definition) is 6. The molecule has 0 atom stereocenters. The molecule has 6 nitrogen and oxygen atoms in total. The third kappa shape index (κ3) is 2.73. The van der Waals surface area contributed by atoms with E-state index in [0.717, 1.165) is 0 Å². The van der Waals surface area contributed by atoms with Gasteiger partial charge in [-0.1, -0.05) is 0 Å². The molecule has 0 saturated carbocycles. The average molecular weight is 257 g/mol. The van der Waals surface area contributed by atoms with Crippen LogP contribution in [0.15, 0.2) is 6.20 Å². The molecule has 0 aliphatic carbocycles. The molecule has 0 unspecified atom stereocenters. The molecule has 0 radical (unpaired) electrons. The molecule has 1 aromatic rings. The minimum Gasteiger partial charge on any atom is -0.391 e. The Morgan fingerprint density at radius 2 is 2.06 bits per heavy atom. The van der Waals surface area contributed by atoms with Gasteiger partial charge < -0.3 is 10.0 Å². The molecule has 1 saturated heterocycles. The van der Waals surface area contributed by atoms with Crippen LogP contribution in [0.1, 0.15) is 11.4 Å². The molecule has 0 amide bonds. The van der Waals surface area contributed by atoms with Gasteiger partial charge in [-0.05, 0) is 6.92 Å². The second-order valence-corrected chi connectivity index (χ2v) is 6.37. The smallest absolute Gasteiger partial charge is 0.153 e. The highest BCUT2D eigenvalue weighted by atomic mass is 32.2. The highest BCUT2D eigenvalue weighted by Crippen LogP contribution is 2.19. The standard InChI is InChI=1S/C10H15N3O3S/c1-8-11-6-9(7-14)10(12-8)13-2-4-17(15,16)5-3-13/h6,14H,2-5,7H2,1H3. The maximum absolute atomic E-state index is 11.3. The largest absolute Gasteiger partial charge is 0.391 e. The van der Waals surface area contributed by atoms with Crippen LogP contribution in [0.4, 0.5) is 5.82 Å². The van der Waals surface area contributed by atoms with Crippen LogP contribution < -0.4 is 4.90 Å². The van der Waals surface area contributed by atoms with Crippen LogP contribution in [0.3, 0.4) is 0 Å². The first kappa shape index (κ1) is 12.3. The Labute approximate surface area is 100 Å². The zero-order valence-electron chi connectivity index (χ0n) is 9.63. The Bertz CT molecular complexity index is 502. The van der Waals surface area contributed by atoms with Crippen LogP contribution in [-0.2, 0) is 16.4 Å². The van der Waals surface area contributed by atoms with Crippen molar-refractivity contribution in [3.05, 3.63) is 17.6 Å². The summed E-state index contributed by atoms with van der Waals surface area (Å²) in [6.45, 7) is 2.47. The van der Waals surface area contributed by atoms with Crippen molar-refractivity contribution in [2.45, 2.75) is 13.5 Å². The number of aliphatic hydroxyl groups excluding tert-OH is 1. The van der Waals surface area contributed by atoms with E-state index in [1.165, 1.54) is 0 Å². The first-order chi connectivity index (χ1) is 8.02. The van der Waals surface area contributed by atoms with E-state index in [1.54, 1.807) is 13.1 Å². The third-order valence-corrected chi connectivity index (χ3v) is 4.39. The van der Waals surface area contributed by atoms with Crippen molar-refractivity contribution in [3.8, 4) is 0 Å². The van der Waals surface area contributed by atoms with Gasteiger partial charge in [0.15, 0.2) is 9.84 Å². The predicted molar refractivity (Wildman–Crippen MR) is 63.6 cm³/mol. The molecular formula is C10H15N3O3S. The zero-order chi connectivity index (χ0) is 12.5. The van der Waals surface area contributed by atoms with Gasteiger partial charge in [-0.15, -0.1) is 0 Å². The van der Waals surface area contributed by atoms with Crippen molar-refractivity contribution in [3.63, 3.8) is 0 Å². The highest BCUT2D eigenvalue weighted by molar-refractivity contribution is 7.91. The van der Waals surface area contributed by atoms with Gasteiger partial charge in [-0.3, -0.25) is 0 Å². The lowest BCUT2D eigenvalue weighted by molar-refractivity contribution is 0.281. The van der Waals surface area contributed by atoms with Gasteiger partial charge in [0.05, 0.1) is 18.1 Å². The third-order valence-electron chi connectivity index (χ3n) is 2.78. The van der Waals surface area contributed by atoms with Gasteiger partial charge in [-0.25, -0.2) is 18.4 Å². The molecule has 0 spiro atoms. The summed E-state index contributed by atoms with van der Waals surface area (Å²) >= 11 is 0. The van der Waals surface area contributed by atoms with Crippen LogP contribution in [0, 0.1) is 6.92 Å². The van der Waals surface area contributed by atoms with Gasteiger partial charge in [0, 0.05) is 24.8 Å². The summed E-state index contributed by atoms with van der Waals surface area (Å²) in [7, 11) is -2.90. The molecule has 0 bridgehead atoms. The molecule has 1 aromatic heterocycles. The summed E-state index contributed by atoms with van der Waals surface area (Å²) in [6, 6.07) is 0. The molecule has 2 rings (SSSR count). The van der Waals surface area contributed by atoms with Crippen molar-refractivity contribution in [2.24, 2.45) is 0 Å². The topological polar surface area (TPSA) is 83.4 Å². The second-order valence-electron chi connectivity index (χ2n) is 4.06. The molecule has 7 heteroatoms. The Kier molecular flexibility index (Phi) is 3.30. The van der Waals surface area contributed by atoms with E-state index < -0.39 is 9.84 Å². The zero-order valence-corrected chi connectivity index (χ0v) is 10.4. The van der Waals surface area contributed by atoms with Crippen LogP contribution in [-0.4, -0.2) is 48.1 Å². The number of aryl methyl sites for hydroxylation is 1. The molecule has 2 heterocycles. The van der Waals surface area contributed by atoms with Gasteiger partial charge in [0.1, 0.15) is 11.6 Å². The maximum atomic E-state index is 11.3. The number of rotatable bonds is 2. The SMILES string of the molecule is Cc1ncc(CO)c(N2CCS(=O)(=O)CC2)n1. The number of sulfone groups is 1. The number of aliphatic hydroxyl groups is 1. The van der Waals surface area contributed by atoms with E-state index in [-0.39, 0.29) is 18.1 Å². The predicted octanol–water partition coefficient (Wildman–Crippen LogP) is -0.488. The number of nitrogens with zero attached hydrogens (tertiary/aromatic N) is 3. The molecule has 94 valence electrons. The molecule has 1 fully saturated rings. The van der Waals surface area contributed by atoms with Crippen molar-refractivity contribution in [1.82, 2.24) is 9.97 Å². The van der Waals surface area contributed by atoms with E-state index in [4.69, 9.17) is 0 Å². The fourth-order valence-electron chi connectivity index (χ4n) is 1.79. The van der Waals surface area contributed by atoms with Crippen LogP contribution in [0.5, 0.6) is 0 Å². The average Bonchev–Trinajstić information content (AvgIpc) is 2.29. The molecule has 0 aromatic carbocycles. The lowest BCUT2D eigenvalue weighted by atomic mass is 10.3. The number of hydrogen-bond donors (Lipinski definition) is 1. The minimum atomic E-state index is -2.90. The Morgan fingerprint density at radius 1 is 1.41 bits per heavy atom. The maximum Gasteiger partial charge on any atom is 0.153 e. The van der Waals surface area contributed by atoms with E-state index in [2.05, 4.69) is 9.97 Å². The Balaban J connectivity index is 2.26. The van der Waals surface area contributed by atoms with E-state index >= 15 is 0 Å². The van der Waals surface area contributed by atoms with Gasteiger partial charge in [-0.2, -0.15) is 0 Å². The monoisotopic (exact) mass is 257 g/mol. The summed E-state index contributed by atoms with van der Waals surface area (Å²) in [5, 5.41) is 9.22. The Morgan fingerprint density at radius 3 is 2.65 bits per heavy atom. The van der Waals surface area contributed by atoms with Crippen LogP contribution >= 0.6 is 0 Å². The van der Waals surface area contributed by atoms with E-state index in [1.807, 2.05) is 4.90 Å². The van der Waals surface area contributed by atoms with Crippen molar-refractivity contribution < 1.29 is 13.5 Å². The normalized spacial score (nSPS) is 19.3. The second kappa shape index (κ2) is 4.58. The Hall–Kier alpha value is -1.21. The molecule has 1 aliphatic rings. The summed E-state index contributed by atoms with van der Waals surface area (Å²) in [5.74, 6) is 1.54. The molecule has 17 heavy (non-hydrogen) atoms. The first-order valence-electron chi connectivity index (χ1n) is 5.40. The van der Waals surface area contributed by atoms with E-state index in [9.17, 15) is 13.5 Å². The van der Waals surface area contributed by atoms with Crippen LogP contribution in [0.25, 0.3) is 0 Å². The lowest BCUT2D eigenvalue weighted by Gasteiger charge is -2.29. The molecule has 1 aliphatic heterocycles. The van der Waals surface area contributed by atoms with Gasteiger partial charge >= 0.3 is 0 Å². The van der Waals surface area contributed by atoms with E-state index in [0.29, 0.717) is 30.3 Å². The minimum absolute atomic E-state index is 0.140. The van der Waals surface area contributed by atoms with Crippen molar-refractivity contribution in [1.29, 1.82) is 0 Å². The summed E-state index contributed by atoms with van der Waals surface area (Å²) < 4.78 is 22.7. The lowest BCUT2D eigenvalue weighted by Crippen LogP contribution is -2.41. The fraction of sp³-hybridized carbons (Fsp3) is 0.600. The fourth-order valence-corrected chi connectivity index (χ4v) is 2.99. The summed E-state index contributed by atoms with van der Waals surface area (Å²) in [6.07, 6.45) is 1.58. The number of anilines is 1. The highest BCUT2D eigenvalue weighted by Gasteiger charge is 2.24. The quantitative estimate of drug-likeness (QED) is 0.770. The number of aromatic nitrogens is 2. The van der Waals surface area contributed by atoms with Crippen molar-refractivity contribution >= 4 is 15.7 Å². The molecular weight excluding hydrogens is 242 g/mol. The molecule has 1 N–H and O–H groups in total. The van der Waals surface area contributed by atoms with Gasteiger partial charge in [0.2, 0.25) is 0 Å². The first-order valence-corrected chi connectivity index (χ1v) is 7.23. The van der Waals surface area contributed by atoms with Gasteiger partial charge in [0.25, 0.3) is 0 Å². The summed E-state index contributed by atoms with van der Waals surface area (Å²) in [5.41, 5.74) is 0.634. The summed E-state index contributed by atoms with van der Waals surface area (Å²) in [4.78, 5) is 10.2. The van der Waals surface area contributed by atoms with Crippen LogP contribution in [0.2, 0.25) is 0 Å².